The molecule has 0 saturated carbocycles. The van der Waals surface area contributed by atoms with E-state index in [4.69, 9.17) is 11.6 Å². The maximum Gasteiger partial charge on any atom is 0.169 e. The fourth-order valence-corrected chi connectivity index (χ4v) is 2.63. The van der Waals surface area contributed by atoms with Crippen LogP contribution < -0.4 is 0 Å². The molecule has 0 radical (unpaired) electrons. The van der Waals surface area contributed by atoms with Gasteiger partial charge in [0.15, 0.2) is 5.78 Å². The number of hydrogen-bond acceptors (Lipinski definition) is 2. The third kappa shape index (κ3) is 3.25. The number of carbonyl (C=O) groups is 1. The second-order valence-electron chi connectivity index (χ2n) is 4.32. The largest absolute Gasteiger partial charge is 0.294 e. The van der Waals surface area contributed by atoms with Gasteiger partial charge in [-0.25, -0.2) is 0 Å². The van der Waals surface area contributed by atoms with Crippen LogP contribution in [0.15, 0.2) is 28.7 Å². The number of ketones is 1. The Morgan fingerprint density at radius 2 is 2.16 bits per heavy atom. The molecule has 0 aliphatic carbocycles. The highest BCUT2D eigenvalue weighted by Gasteiger charge is 2.14. The Morgan fingerprint density at radius 1 is 1.42 bits per heavy atom. The molecule has 1 heterocycles. The fourth-order valence-electron chi connectivity index (χ4n) is 1.99. The molecule has 1 aromatic carbocycles. The molecule has 0 aliphatic heterocycles. The summed E-state index contributed by atoms with van der Waals surface area (Å²) in [7, 11) is 0. The van der Waals surface area contributed by atoms with Gasteiger partial charge in [0.2, 0.25) is 0 Å². The summed E-state index contributed by atoms with van der Waals surface area (Å²) in [4.78, 5) is 12.3. The monoisotopic (exact) mass is 340 g/mol. The molecule has 2 rings (SSSR count). The quantitative estimate of drug-likeness (QED) is 0.786. The fraction of sp³-hybridized carbons (Fsp3) is 0.286. The predicted molar refractivity (Wildman–Crippen MR) is 79.8 cm³/mol. The molecule has 0 N–H and O–H groups in total. The van der Waals surface area contributed by atoms with Gasteiger partial charge in [-0.2, -0.15) is 5.10 Å². The lowest BCUT2D eigenvalue weighted by molar-refractivity contribution is 0.0990. The average molecular weight is 342 g/mol. The van der Waals surface area contributed by atoms with E-state index in [0.29, 0.717) is 17.0 Å². The standard InChI is InChI=1S/C14H14BrClN2O/c1-3-18-11(6-9(2)17-18)8-14(19)12-7-10(16)4-5-13(12)15/h4-7H,3,8H2,1-2H3. The van der Waals surface area contributed by atoms with Crippen LogP contribution in [-0.2, 0) is 13.0 Å². The first-order chi connectivity index (χ1) is 9.01. The van der Waals surface area contributed by atoms with Crippen molar-refractivity contribution in [3.8, 4) is 0 Å². The van der Waals surface area contributed by atoms with Crippen LogP contribution in [0.5, 0.6) is 0 Å². The van der Waals surface area contributed by atoms with Crippen LogP contribution >= 0.6 is 27.5 Å². The molecule has 5 heteroatoms. The normalized spacial score (nSPS) is 10.7. The Hall–Kier alpha value is -1.13. The van der Waals surface area contributed by atoms with Crippen LogP contribution in [-0.4, -0.2) is 15.6 Å². The molecular formula is C14H14BrClN2O. The van der Waals surface area contributed by atoms with E-state index in [9.17, 15) is 4.79 Å². The number of nitrogens with zero attached hydrogens (tertiary/aromatic N) is 2. The van der Waals surface area contributed by atoms with E-state index in [1.807, 2.05) is 24.6 Å². The minimum atomic E-state index is 0.0315. The summed E-state index contributed by atoms with van der Waals surface area (Å²) >= 11 is 9.32. The zero-order chi connectivity index (χ0) is 14.0. The molecule has 0 saturated heterocycles. The van der Waals surface area contributed by atoms with Gasteiger partial charge >= 0.3 is 0 Å². The maximum absolute atomic E-state index is 12.3. The Balaban J connectivity index is 2.27. The van der Waals surface area contributed by atoms with E-state index in [1.54, 1.807) is 18.2 Å². The van der Waals surface area contributed by atoms with Crippen LogP contribution in [0.25, 0.3) is 0 Å². The molecule has 3 nitrogen and oxygen atoms in total. The topological polar surface area (TPSA) is 34.9 Å². The molecule has 0 unspecified atom stereocenters. The summed E-state index contributed by atoms with van der Waals surface area (Å²) in [5.74, 6) is 0.0315. The summed E-state index contributed by atoms with van der Waals surface area (Å²) in [6, 6.07) is 7.17. The van der Waals surface area contributed by atoms with Gasteiger partial charge in [-0.05, 0) is 38.1 Å². The highest BCUT2D eigenvalue weighted by molar-refractivity contribution is 9.10. The summed E-state index contributed by atoms with van der Waals surface area (Å²) in [6.45, 7) is 4.69. The number of rotatable bonds is 4. The molecule has 0 atom stereocenters. The zero-order valence-electron chi connectivity index (χ0n) is 10.8. The van der Waals surface area contributed by atoms with Gasteiger partial charge < -0.3 is 0 Å². The Bertz CT molecular complexity index is 622. The Labute approximate surface area is 125 Å². The predicted octanol–water partition coefficient (Wildman–Crippen LogP) is 4.05. The van der Waals surface area contributed by atoms with Gasteiger partial charge in [-0.15, -0.1) is 0 Å². The van der Waals surface area contributed by atoms with Crippen LogP contribution in [0, 0.1) is 6.92 Å². The van der Waals surface area contributed by atoms with E-state index in [-0.39, 0.29) is 5.78 Å². The average Bonchev–Trinajstić information content (AvgIpc) is 2.72. The van der Waals surface area contributed by atoms with E-state index in [0.717, 1.165) is 22.4 Å². The van der Waals surface area contributed by atoms with Crippen molar-refractivity contribution in [1.82, 2.24) is 9.78 Å². The van der Waals surface area contributed by atoms with Crippen molar-refractivity contribution >= 4 is 33.3 Å². The summed E-state index contributed by atoms with van der Waals surface area (Å²) in [6.07, 6.45) is 0.327. The number of benzene rings is 1. The van der Waals surface area contributed by atoms with Crippen molar-refractivity contribution < 1.29 is 4.79 Å². The zero-order valence-corrected chi connectivity index (χ0v) is 13.1. The summed E-state index contributed by atoms with van der Waals surface area (Å²) in [5.41, 5.74) is 2.46. The first-order valence-corrected chi connectivity index (χ1v) is 7.20. The van der Waals surface area contributed by atoms with Crippen molar-refractivity contribution in [2.24, 2.45) is 0 Å². The number of carbonyl (C=O) groups excluding carboxylic acids is 1. The molecule has 0 amide bonds. The lowest BCUT2D eigenvalue weighted by Crippen LogP contribution is -2.10. The van der Waals surface area contributed by atoms with Gasteiger partial charge in [0.05, 0.1) is 12.1 Å². The molecule has 19 heavy (non-hydrogen) atoms. The molecule has 100 valence electrons. The first kappa shape index (κ1) is 14.3. The van der Waals surface area contributed by atoms with E-state index in [1.165, 1.54) is 0 Å². The molecule has 1 aromatic heterocycles. The first-order valence-electron chi connectivity index (χ1n) is 6.03. The Kier molecular flexibility index (Phi) is 4.42. The molecule has 0 aliphatic rings. The van der Waals surface area contributed by atoms with Crippen molar-refractivity contribution in [1.29, 1.82) is 0 Å². The smallest absolute Gasteiger partial charge is 0.169 e. The molecule has 0 spiro atoms. The molecule has 0 fully saturated rings. The van der Waals surface area contributed by atoms with Crippen LogP contribution in [0.2, 0.25) is 5.02 Å². The molecule has 2 aromatic rings. The number of aromatic nitrogens is 2. The number of halogens is 2. The molecule has 0 bridgehead atoms. The molecular weight excluding hydrogens is 328 g/mol. The van der Waals surface area contributed by atoms with E-state index in [2.05, 4.69) is 21.0 Å². The van der Waals surface area contributed by atoms with Crippen LogP contribution in [0.1, 0.15) is 28.7 Å². The third-order valence-electron chi connectivity index (χ3n) is 2.86. The van der Waals surface area contributed by atoms with E-state index >= 15 is 0 Å². The lowest BCUT2D eigenvalue weighted by Gasteiger charge is -2.06. The van der Waals surface area contributed by atoms with Crippen LogP contribution in [0.3, 0.4) is 0 Å². The van der Waals surface area contributed by atoms with Gasteiger partial charge in [0.25, 0.3) is 0 Å². The minimum absolute atomic E-state index is 0.0315. The lowest BCUT2D eigenvalue weighted by atomic mass is 10.1. The van der Waals surface area contributed by atoms with Crippen molar-refractivity contribution in [3.05, 3.63) is 50.7 Å². The minimum Gasteiger partial charge on any atom is -0.294 e. The van der Waals surface area contributed by atoms with Crippen molar-refractivity contribution in [2.75, 3.05) is 0 Å². The summed E-state index contributed by atoms with van der Waals surface area (Å²) < 4.78 is 2.62. The number of aryl methyl sites for hydroxylation is 2. The summed E-state index contributed by atoms with van der Waals surface area (Å²) in [5, 5.41) is 4.90. The Morgan fingerprint density at radius 3 is 2.84 bits per heavy atom. The van der Waals surface area contributed by atoms with Crippen molar-refractivity contribution in [3.63, 3.8) is 0 Å². The SMILES string of the molecule is CCn1nc(C)cc1CC(=O)c1cc(Cl)ccc1Br. The van der Waals surface area contributed by atoms with Gasteiger partial charge in [-0.1, -0.05) is 27.5 Å². The third-order valence-corrected chi connectivity index (χ3v) is 3.78. The maximum atomic E-state index is 12.3. The number of Topliss-reactive ketones (excluding diaryl/α,β-unsaturated/α-hetero) is 1. The second-order valence-corrected chi connectivity index (χ2v) is 5.61. The number of hydrogen-bond donors (Lipinski definition) is 0. The van der Waals surface area contributed by atoms with Gasteiger partial charge in [0.1, 0.15) is 0 Å². The van der Waals surface area contributed by atoms with E-state index < -0.39 is 0 Å². The van der Waals surface area contributed by atoms with Gasteiger partial charge in [0, 0.05) is 27.3 Å². The highest BCUT2D eigenvalue weighted by Crippen LogP contribution is 2.23. The second kappa shape index (κ2) is 5.88. The highest BCUT2D eigenvalue weighted by atomic mass is 79.9. The van der Waals surface area contributed by atoms with Crippen molar-refractivity contribution in [2.45, 2.75) is 26.8 Å². The van der Waals surface area contributed by atoms with Crippen LogP contribution in [0.4, 0.5) is 0 Å². The van der Waals surface area contributed by atoms with Gasteiger partial charge in [-0.3, -0.25) is 9.48 Å².